The summed E-state index contributed by atoms with van der Waals surface area (Å²) in [6.07, 6.45) is 1.34. The lowest BCUT2D eigenvalue weighted by Crippen LogP contribution is -1.96. The molecule has 1 rings (SSSR count). The van der Waals surface area contributed by atoms with E-state index in [1.54, 1.807) is 24.3 Å². The number of hydrogen-bond donors (Lipinski definition) is 1. The van der Waals surface area contributed by atoms with Gasteiger partial charge in [-0.1, -0.05) is 52.1 Å². The normalized spacial score (nSPS) is 11.2. The predicted molar refractivity (Wildman–Crippen MR) is 59.6 cm³/mol. The van der Waals surface area contributed by atoms with Crippen molar-refractivity contribution in [3.05, 3.63) is 45.4 Å². The Morgan fingerprint density at radius 1 is 1.21 bits per heavy atom. The molecule has 0 radical (unpaired) electrons. The van der Waals surface area contributed by atoms with Gasteiger partial charge < -0.3 is 5.21 Å². The van der Waals surface area contributed by atoms with E-state index in [2.05, 4.69) is 5.16 Å². The summed E-state index contributed by atoms with van der Waals surface area (Å²) in [5.74, 6) is 0. The number of hydrogen-bond acceptors (Lipinski definition) is 2. The fourth-order valence-electron chi connectivity index (χ4n) is 0.894. The topological polar surface area (TPSA) is 32.6 Å². The van der Waals surface area contributed by atoms with Crippen LogP contribution >= 0.6 is 34.8 Å². The van der Waals surface area contributed by atoms with Gasteiger partial charge in [0.25, 0.3) is 0 Å². The first-order valence-electron chi connectivity index (χ1n) is 3.64. The lowest BCUT2D eigenvalue weighted by molar-refractivity contribution is 0.320. The molecule has 0 aliphatic carbocycles. The van der Waals surface area contributed by atoms with Gasteiger partial charge in [-0.3, -0.25) is 0 Å². The molecule has 0 heterocycles. The first-order chi connectivity index (χ1) is 6.63. The second kappa shape index (κ2) is 5.25. The molecule has 0 spiro atoms. The monoisotopic (exact) mass is 249 g/mol. The Labute approximate surface area is 96.4 Å². The predicted octanol–water partition coefficient (Wildman–Crippen LogP) is 3.84. The van der Waals surface area contributed by atoms with Crippen LogP contribution in [0.25, 0.3) is 0 Å². The van der Waals surface area contributed by atoms with Crippen LogP contribution in [0.4, 0.5) is 0 Å². The maximum Gasteiger partial charge on any atom is 0.112 e. The summed E-state index contributed by atoms with van der Waals surface area (Å²) >= 11 is 16.6. The maximum absolute atomic E-state index is 8.69. The van der Waals surface area contributed by atoms with E-state index in [4.69, 9.17) is 40.0 Å². The number of oxime groups is 1. The van der Waals surface area contributed by atoms with Gasteiger partial charge in [-0.15, -0.1) is 0 Å². The van der Waals surface area contributed by atoms with E-state index < -0.39 is 0 Å². The Morgan fingerprint density at radius 2 is 1.79 bits per heavy atom. The van der Waals surface area contributed by atoms with Crippen molar-refractivity contribution >= 4 is 40.5 Å². The van der Waals surface area contributed by atoms with Crippen LogP contribution in [0.5, 0.6) is 0 Å². The molecule has 0 saturated carbocycles. The molecule has 0 aromatic heterocycles. The minimum absolute atomic E-state index is 0.0211. The third-order valence-corrected chi connectivity index (χ3v) is 1.96. The standard InChI is InChI=1S/C9H6Cl3NO/c10-7-3-1-6(2-4-7)8(13-14)5-9(11)12/h1-5,14H/b13-8+. The van der Waals surface area contributed by atoms with Crippen LogP contribution in [0.2, 0.25) is 5.02 Å². The van der Waals surface area contributed by atoms with Crippen molar-refractivity contribution in [3.8, 4) is 0 Å². The highest BCUT2D eigenvalue weighted by Crippen LogP contribution is 2.14. The van der Waals surface area contributed by atoms with Gasteiger partial charge in [0.05, 0.1) is 0 Å². The summed E-state index contributed by atoms with van der Waals surface area (Å²) in [6.45, 7) is 0. The zero-order chi connectivity index (χ0) is 10.6. The number of halogens is 3. The highest BCUT2D eigenvalue weighted by atomic mass is 35.5. The summed E-state index contributed by atoms with van der Waals surface area (Å²) < 4.78 is 0.0211. The summed E-state index contributed by atoms with van der Waals surface area (Å²) in [5.41, 5.74) is 0.956. The molecule has 0 bridgehead atoms. The Bertz CT molecular complexity index is 366. The van der Waals surface area contributed by atoms with E-state index in [0.29, 0.717) is 10.6 Å². The van der Waals surface area contributed by atoms with Crippen LogP contribution < -0.4 is 0 Å². The first kappa shape index (κ1) is 11.4. The third kappa shape index (κ3) is 3.22. The van der Waals surface area contributed by atoms with Crippen LogP contribution in [0.3, 0.4) is 0 Å². The Hall–Kier alpha value is -0.700. The van der Waals surface area contributed by atoms with Crippen molar-refractivity contribution in [2.24, 2.45) is 5.16 Å². The van der Waals surface area contributed by atoms with E-state index in [1.807, 2.05) is 0 Å². The van der Waals surface area contributed by atoms with Crippen LogP contribution in [-0.4, -0.2) is 10.9 Å². The van der Waals surface area contributed by atoms with Crippen LogP contribution in [0.15, 0.2) is 40.0 Å². The van der Waals surface area contributed by atoms with Gasteiger partial charge in [0, 0.05) is 10.6 Å². The van der Waals surface area contributed by atoms with Crippen molar-refractivity contribution in [2.75, 3.05) is 0 Å². The minimum Gasteiger partial charge on any atom is -0.410 e. The molecule has 0 saturated heterocycles. The van der Waals surface area contributed by atoms with E-state index in [0.717, 1.165) is 0 Å². The molecular formula is C9H6Cl3NO. The van der Waals surface area contributed by atoms with Crippen molar-refractivity contribution in [3.63, 3.8) is 0 Å². The fourth-order valence-corrected chi connectivity index (χ4v) is 1.23. The molecule has 0 atom stereocenters. The minimum atomic E-state index is 0.0211. The van der Waals surface area contributed by atoms with Crippen LogP contribution in [0, 0.1) is 0 Å². The molecule has 2 nitrogen and oxygen atoms in total. The van der Waals surface area contributed by atoms with Crippen molar-refractivity contribution in [1.82, 2.24) is 0 Å². The van der Waals surface area contributed by atoms with Gasteiger partial charge >= 0.3 is 0 Å². The quantitative estimate of drug-likeness (QED) is 0.483. The van der Waals surface area contributed by atoms with E-state index in [1.165, 1.54) is 6.08 Å². The van der Waals surface area contributed by atoms with E-state index in [9.17, 15) is 0 Å². The van der Waals surface area contributed by atoms with E-state index in [-0.39, 0.29) is 10.2 Å². The van der Waals surface area contributed by atoms with E-state index >= 15 is 0 Å². The highest BCUT2D eigenvalue weighted by molar-refractivity contribution is 6.57. The molecule has 1 aromatic rings. The molecule has 5 heteroatoms. The molecular weight excluding hydrogens is 244 g/mol. The Balaban J connectivity index is 3.03. The highest BCUT2D eigenvalue weighted by Gasteiger charge is 2.01. The smallest absolute Gasteiger partial charge is 0.112 e. The molecule has 0 aliphatic heterocycles. The number of rotatable bonds is 2. The van der Waals surface area contributed by atoms with Gasteiger partial charge in [-0.05, 0) is 18.2 Å². The molecule has 74 valence electrons. The van der Waals surface area contributed by atoms with Gasteiger partial charge in [0.15, 0.2) is 0 Å². The average Bonchev–Trinajstić information content (AvgIpc) is 2.15. The Morgan fingerprint density at radius 3 is 2.21 bits per heavy atom. The fraction of sp³-hybridized carbons (Fsp3) is 0. The summed E-state index contributed by atoms with van der Waals surface area (Å²) in [5, 5.41) is 12.4. The second-order valence-corrected chi connectivity index (χ2v) is 3.87. The molecule has 0 unspecified atom stereocenters. The lowest BCUT2D eigenvalue weighted by atomic mass is 10.1. The van der Waals surface area contributed by atoms with Gasteiger partial charge in [-0.2, -0.15) is 0 Å². The van der Waals surface area contributed by atoms with Gasteiger partial charge in [-0.25, -0.2) is 0 Å². The largest absolute Gasteiger partial charge is 0.410 e. The lowest BCUT2D eigenvalue weighted by Gasteiger charge is -1.98. The summed E-state index contributed by atoms with van der Waals surface area (Å²) in [6, 6.07) is 6.76. The van der Waals surface area contributed by atoms with Crippen molar-refractivity contribution in [2.45, 2.75) is 0 Å². The molecule has 14 heavy (non-hydrogen) atoms. The second-order valence-electron chi connectivity index (χ2n) is 2.43. The summed E-state index contributed by atoms with van der Waals surface area (Å²) in [4.78, 5) is 0. The average molecular weight is 251 g/mol. The summed E-state index contributed by atoms with van der Waals surface area (Å²) in [7, 11) is 0. The molecule has 0 aliphatic rings. The molecule has 1 N–H and O–H groups in total. The van der Waals surface area contributed by atoms with Crippen molar-refractivity contribution < 1.29 is 5.21 Å². The molecule has 1 aromatic carbocycles. The number of nitrogens with zero attached hydrogens (tertiary/aromatic N) is 1. The third-order valence-electron chi connectivity index (χ3n) is 1.49. The Kier molecular flexibility index (Phi) is 4.26. The van der Waals surface area contributed by atoms with Gasteiger partial charge in [0.1, 0.15) is 10.2 Å². The zero-order valence-corrected chi connectivity index (χ0v) is 9.18. The van der Waals surface area contributed by atoms with Crippen LogP contribution in [-0.2, 0) is 0 Å². The maximum atomic E-state index is 8.69. The van der Waals surface area contributed by atoms with Gasteiger partial charge in [0.2, 0.25) is 0 Å². The zero-order valence-electron chi connectivity index (χ0n) is 6.92. The first-order valence-corrected chi connectivity index (χ1v) is 4.77. The van der Waals surface area contributed by atoms with Crippen LogP contribution in [0.1, 0.15) is 5.56 Å². The molecule has 0 fully saturated rings. The number of allylic oxidation sites excluding steroid dienone is 1. The molecule has 0 amide bonds. The number of benzene rings is 1. The SMILES string of the molecule is O/N=C(\C=C(Cl)Cl)c1ccc(Cl)cc1. The van der Waals surface area contributed by atoms with Crippen molar-refractivity contribution in [1.29, 1.82) is 0 Å².